The average molecular weight is 242 g/mol. The lowest BCUT2D eigenvalue weighted by molar-refractivity contribution is 0.125. The van der Waals surface area contributed by atoms with E-state index in [1.807, 2.05) is 0 Å². The fourth-order valence-electron chi connectivity index (χ4n) is 3.29. The van der Waals surface area contributed by atoms with Crippen LogP contribution in [0.3, 0.4) is 0 Å². The molecule has 94 valence electrons. The molecule has 1 aliphatic carbocycles. The number of nitrogens with two attached hydrogens (primary N) is 1. The molecule has 1 saturated carbocycles. The molecule has 2 N–H and O–H groups in total. The molecule has 2 nitrogen and oxygen atoms in total. The summed E-state index contributed by atoms with van der Waals surface area (Å²) in [5, 5.41) is 0.787. The van der Waals surface area contributed by atoms with Gasteiger partial charge in [0.1, 0.15) is 0 Å². The minimum absolute atomic E-state index is 0.298. The predicted octanol–water partition coefficient (Wildman–Crippen LogP) is 2.33. The number of thioether (sulfide) groups is 1. The lowest BCUT2D eigenvalue weighted by atomic mass is 9.93. The van der Waals surface area contributed by atoms with Gasteiger partial charge in [-0.2, -0.15) is 11.8 Å². The van der Waals surface area contributed by atoms with Crippen molar-refractivity contribution in [2.45, 2.75) is 49.8 Å². The maximum atomic E-state index is 6.05. The Morgan fingerprint density at radius 1 is 1.38 bits per heavy atom. The van der Waals surface area contributed by atoms with Gasteiger partial charge >= 0.3 is 0 Å². The number of rotatable bonds is 4. The van der Waals surface area contributed by atoms with Gasteiger partial charge in [-0.25, -0.2) is 0 Å². The van der Waals surface area contributed by atoms with Gasteiger partial charge < -0.3 is 5.73 Å². The zero-order chi connectivity index (χ0) is 11.6. The van der Waals surface area contributed by atoms with Gasteiger partial charge in [0.05, 0.1) is 0 Å². The van der Waals surface area contributed by atoms with Crippen LogP contribution in [0.5, 0.6) is 0 Å². The van der Waals surface area contributed by atoms with Crippen molar-refractivity contribution in [3.8, 4) is 0 Å². The third-order valence-corrected chi connectivity index (χ3v) is 5.94. The van der Waals surface area contributed by atoms with Crippen LogP contribution in [-0.4, -0.2) is 41.6 Å². The van der Waals surface area contributed by atoms with Gasteiger partial charge in [-0.15, -0.1) is 0 Å². The van der Waals surface area contributed by atoms with Crippen molar-refractivity contribution in [3.63, 3.8) is 0 Å². The van der Waals surface area contributed by atoms with E-state index < -0.39 is 0 Å². The molecule has 16 heavy (non-hydrogen) atoms. The summed E-state index contributed by atoms with van der Waals surface area (Å²) in [6, 6.07) is 0. The third kappa shape index (κ3) is 2.57. The Balaban J connectivity index is 1.92. The molecule has 3 heteroatoms. The monoisotopic (exact) mass is 242 g/mol. The molecule has 2 aliphatic rings. The van der Waals surface area contributed by atoms with E-state index >= 15 is 0 Å². The van der Waals surface area contributed by atoms with Crippen LogP contribution in [0.2, 0.25) is 0 Å². The Hall–Kier alpha value is 0.270. The summed E-state index contributed by atoms with van der Waals surface area (Å²) in [5.74, 6) is 2.17. The van der Waals surface area contributed by atoms with Crippen molar-refractivity contribution < 1.29 is 0 Å². The van der Waals surface area contributed by atoms with E-state index in [4.69, 9.17) is 5.73 Å². The molecule has 2 rings (SSSR count). The minimum atomic E-state index is 0.298. The van der Waals surface area contributed by atoms with Gasteiger partial charge in [0.2, 0.25) is 0 Å². The zero-order valence-electron chi connectivity index (χ0n) is 10.7. The van der Waals surface area contributed by atoms with Crippen LogP contribution in [0.4, 0.5) is 0 Å². The molecule has 1 heterocycles. The number of hydrogen-bond acceptors (Lipinski definition) is 3. The summed E-state index contributed by atoms with van der Waals surface area (Å²) in [5.41, 5.74) is 6.35. The highest BCUT2D eigenvalue weighted by atomic mass is 32.2. The van der Waals surface area contributed by atoms with Gasteiger partial charge in [0, 0.05) is 29.6 Å². The largest absolute Gasteiger partial charge is 0.329 e. The number of nitrogens with zero attached hydrogens (tertiary/aromatic N) is 1. The summed E-state index contributed by atoms with van der Waals surface area (Å²) >= 11 is 2.09. The van der Waals surface area contributed by atoms with Gasteiger partial charge in [-0.05, 0) is 32.2 Å². The molecule has 0 aromatic carbocycles. The molecule has 0 bridgehead atoms. The molecule has 1 saturated heterocycles. The Bertz CT molecular complexity index is 228. The lowest BCUT2D eigenvalue weighted by Crippen LogP contribution is -2.53. The smallest absolute Gasteiger partial charge is 0.0429 e. The zero-order valence-corrected chi connectivity index (χ0v) is 11.6. The van der Waals surface area contributed by atoms with E-state index in [9.17, 15) is 0 Å². The first-order valence-electron chi connectivity index (χ1n) is 6.69. The van der Waals surface area contributed by atoms with Crippen molar-refractivity contribution in [1.82, 2.24) is 4.90 Å². The molecule has 0 amide bonds. The molecule has 0 spiro atoms. The predicted molar refractivity (Wildman–Crippen MR) is 72.9 cm³/mol. The fourth-order valence-corrected chi connectivity index (χ4v) is 4.77. The van der Waals surface area contributed by atoms with Crippen LogP contribution in [0, 0.1) is 5.92 Å². The molecule has 0 radical (unpaired) electrons. The first kappa shape index (κ1) is 12.7. The number of hydrogen-bond donors (Lipinski definition) is 1. The molecular weight excluding hydrogens is 216 g/mol. The molecular formula is C13H26N2S. The van der Waals surface area contributed by atoms with Crippen LogP contribution >= 0.6 is 11.8 Å². The summed E-state index contributed by atoms with van der Waals surface area (Å²) in [7, 11) is 2.30. The topological polar surface area (TPSA) is 29.3 Å². The van der Waals surface area contributed by atoms with E-state index in [1.165, 1.54) is 44.4 Å². The normalized spacial score (nSPS) is 36.4. The van der Waals surface area contributed by atoms with Crippen molar-refractivity contribution >= 4 is 11.8 Å². The quantitative estimate of drug-likeness (QED) is 0.820. The van der Waals surface area contributed by atoms with Crippen molar-refractivity contribution in [2.75, 3.05) is 25.9 Å². The van der Waals surface area contributed by atoms with Gasteiger partial charge in [0.15, 0.2) is 0 Å². The number of likely N-dealkylation sites (N-methyl/N-ethyl adjacent to an activating group) is 1. The second-order valence-electron chi connectivity index (χ2n) is 5.79. The highest BCUT2D eigenvalue weighted by Crippen LogP contribution is 2.38. The molecule has 0 aromatic heterocycles. The van der Waals surface area contributed by atoms with E-state index in [0.29, 0.717) is 5.54 Å². The highest BCUT2D eigenvalue weighted by Gasteiger charge is 2.40. The first-order valence-corrected chi connectivity index (χ1v) is 7.74. The van der Waals surface area contributed by atoms with Crippen LogP contribution in [0.15, 0.2) is 0 Å². The maximum absolute atomic E-state index is 6.05. The summed E-state index contributed by atoms with van der Waals surface area (Å²) < 4.78 is 0. The second kappa shape index (κ2) is 5.28. The summed E-state index contributed by atoms with van der Waals surface area (Å²) in [6.45, 7) is 4.43. The van der Waals surface area contributed by atoms with E-state index in [1.54, 1.807) is 0 Å². The summed E-state index contributed by atoms with van der Waals surface area (Å²) in [6.07, 6.45) is 7.04. The van der Waals surface area contributed by atoms with Crippen molar-refractivity contribution in [2.24, 2.45) is 11.7 Å². The Morgan fingerprint density at radius 3 is 2.56 bits per heavy atom. The summed E-state index contributed by atoms with van der Waals surface area (Å²) in [4.78, 5) is 2.58. The van der Waals surface area contributed by atoms with E-state index in [-0.39, 0.29) is 0 Å². The second-order valence-corrected chi connectivity index (χ2v) is 7.21. The maximum Gasteiger partial charge on any atom is 0.0429 e. The van der Waals surface area contributed by atoms with E-state index in [2.05, 4.69) is 30.6 Å². The molecule has 2 fully saturated rings. The molecule has 2 unspecified atom stereocenters. The van der Waals surface area contributed by atoms with Crippen LogP contribution in [0.1, 0.15) is 39.0 Å². The Kier molecular flexibility index (Phi) is 4.20. The SMILES string of the molecule is CC1CC(CN)(N(C)CC2CCCC2)CS1. The van der Waals surface area contributed by atoms with Gasteiger partial charge in [0.25, 0.3) is 0 Å². The first-order chi connectivity index (χ1) is 7.66. The van der Waals surface area contributed by atoms with Crippen molar-refractivity contribution in [1.29, 1.82) is 0 Å². The molecule has 0 aromatic rings. The minimum Gasteiger partial charge on any atom is -0.329 e. The third-order valence-electron chi connectivity index (χ3n) is 4.50. The lowest BCUT2D eigenvalue weighted by Gasteiger charge is -2.39. The van der Waals surface area contributed by atoms with E-state index in [0.717, 1.165) is 17.7 Å². The Labute approximate surface area is 104 Å². The van der Waals surface area contributed by atoms with Crippen LogP contribution < -0.4 is 5.73 Å². The van der Waals surface area contributed by atoms with Crippen LogP contribution in [0.25, 0.3) is 0 Å². The Morgan fingerprint density at radius 2 is 2.06 bits per heavy atom. The molecule has 2 atom stereocenters. The average Bonchev–Trinajstić information content (AvgIpc) is 2.88. The molecule has 1 aliphatic heterocycles. The van der Waals surface area contributed by atoms with Gasteiger partial charge in [-0.3, -0.25) is 4.90 Å². The standard InChI is InChI=1S/C13H26N2S/c1-11-7-13(9-14,10-16-11)15(2)8-12-5-3-4-6-12/h11-12H,3-10,14H2,1-2H3. The van der Waals surface area contributed by atoms with Gasteiger partial charge in [-0.1, -0.05) is 19.8 Å². The van der Waals surface area contributed by atoms with Crippen molar-refractivity contribution in [3.05, 3.63) is 0 Å². The fraction of sp³-hybridized carbons (Fsp3) is 1.00. The highest BCUT2D eigenvalue weighted by molar-refractivity contribution is 8.00. The van der Waals surface area contributed by atoms with Crippen LogP contribution in [-0.2, 0) is 0 Å².